The van der Waals surface area contributed by atoms with E-state index in [1.165, 1.54) is 25.7 Å². The van der Waals surface area contributed by atoms with Crippen molar-refractivity contribution in [2.45, 2.75) is 37.1 Å². The van der Waals surface area contributed by atoms with Crippen molar-refractivity contribution >= 4 is 0 Å². The van der Waals surface area contributed by atoms with Gasteiger partial charge in [0, 0.05) is 11.5 Å². The van der Waals surface area contributed by atoms with Gasteiger partial charge in [-0.05, 0) is 36.8 Å². The van der Waals surface area contributed by atoms with Crippen LogP contribution >= 0.6 is 0 Å². The zero-order valence-electron chi connectivity index (χ0n) is 7.79. The Labute approximate surface area is 78.9 Å². The number of aryl methyl sites for hydroxylation is 1. The van der Waals surface area contributed by atoms with Gasteiger partial charge in [0.15, 0.2) is 0 Å². The minimum Gasteiger partial charge on any atom is -0.327 e. The number of hydrogen-bond acceptors (Lipinski definition) is 1. The highest BCUT2D eigenvalue weighted by Crippen LogP contribution is 2.54. The fourth-order valence-electron chi connectivity index (χ4n) is 2.88. The third kappa shape index (κ3) is 0.910. The summed E-state index contributed by atoms with van der Waals surface area (Å²) in [5.41, 5.74) is 9.54. The molecule has 0 aromatic heterocycles. The fourth-order valence-corrected chi connectivity index (χ4v) is 2.88. The second kappa shape index (κ2) is 2.36. The summed E-state index contributed by atoms with van der Waals surface area (Å²) in [7, 11) is 0. The van der Waals surface area contributed by atoms with Crippen molar-refractivity contribution in [1.82, 2.24) is 0 Å². The van der Waals surface area contributed by atoms with Gasteiger partial charge >= 0.3 is 0 Å². The lowest BCUT2D eigenvalue weighted by Gasteiger charge is -2.25. The van der Waals surface area contributed by atoms with E-state index in [0.717, 1.165) is 0 Å². The summed E-state index contributed by atoms with van der Waals surface area (Å²) < 4.78 is 0. The molecule has 0 amide bonds. The Kier molecular flexibility index (Phi) is 1.37. The summed E-state index contributed by atoms with van der Waals surface area (Å²) in [6, 6.07) is 9.28. The van der Waals surface area contributed by atoms with E-state index in [2.05, 4.69) is 24.3 Å². The summed E-state index contributed by atoms with van der Waals surface area (Å²) in [5, 5.41) is 0. The van der Waals surface area contributed by atoms with Crippen LogP contribution in [0.25, 0.3) is 0 Å². The highest BCUT2D eigenvalue weighted by Gasteiger charge is 2.54. The summed E-state index contributed by atoms with van der Waals surface area (Å²) in [4.78, 5) is 0. The van der Waals surface area contributed by atoms with E-state index in [9.17, 15) is 0 Å². The fraction of sp³-hybridized carbons (Fsp3) is 0.500. The molecule has 0 bridgehead atoms. The van der Waals surface area contributed by atoms with Gasteiger partial charge in [-0.3, -0.25) is 0 Å². The SMILES string of the molecule is N[C@H]1CC12CCCc1ccccc12. The lowest BCUT2D eigenvalue weighted by molar-refractivity contribution is 0.526. The first-order chi connectivity index (χ1) is 6.33. The van der Waals surface area contributed by atoms with E-state index >= 15 is 0 Å². The van der Waals surface area contributed by atoms with E-state index < -0.39 is 0 Å². The van der Waals surface area contributed by atoms with E-state index in [1.54, 1.807) is 11.1 Å². The van der Waals surface area contributed by atoms with Crippen LogP contribution in [0.5, 0.6) is 0 Å². The van der Waals surface area contributed by atoms with Crippen LogP contribution in [-0.4, -0.2) is 6.04 Å². The second-order valence-electron chi connectivity index (χ2n) is 4.48. The molecule has 1 unspecified atom stereocenters. The van der Waals surface area contributed by atoms with Crippen LogP contribution in [0.3, 0.4) is 0 Å². The molecular weight excluding hydrogens is 158 g/mol. The summed E-state index contributed by atoms with van der Waals surface area (Å²) in [6.45, 7) is 0. The summed E-state index contributed by atoms with van der Waals surface area (Å²) in [5.74, 6) is 0. The van der Waals surface area contributed by atoms with Crippen molar-refractivity contribution in [3.63, 3.8) is 0 Å². The molecule has 2 aliphatic carbocycles. The predicted octanol–water partition coefficient (Wildman–Crippen LogP) is 1.99. The maximum absolute atomic E-state index is 6.05. The quantitative estimate of drug-likeness (QED) is 0.638. The first-order valence-corrected chi connectivity index (χ1v) is 5.17. The topological polar surface area (TPSA) is 26.0 Å². The van der Waals surface area contributed by atoms with Crippen molar-refractivity contribution in [2.75, 3.05) is 0 Å². The van der Waals surface area contributed by atoms with Crippen LogP contribution in [0.15, 0.2) is 24.3 Å². The van der Waals surface area contributed by atoms with Crippen molar-refractivity contribution in [2.24, 2.45) is 5.73 Å². The Hall–Kier alpha value is -0.820. The molecule has 1 fully saturated rings. The number of hydrogen-bond donors (Lipinski definition) is 1. The maximum Gasteiger partial charge on any atom is 0.0146 e. The van der Waals surface area contributed by atoms with Crippen LogP contribution in [0.2, 0.25) is 0 Å². The van der Waals surface area contributed by atoms with E-state index in [4.69, 9.17) is 5.73 Å². The predicted molar refractivity (Wildman–Crippen MR) is 53.7 cm³/mol. The zero-order valence-corrected chi connectivity index (χ0v) is 7.79. The van der Waals surface area contributed by atoms with Crippen LogP contribution < -0.4 is 5.73 Å². The smallest absolute Gasteiger partial charge is 0.0146 e. The van der Waals surface area contributed by atoms with Crippen LogP contribution in [0, 0.1) is 0 Å². The molecular formula is C12H15N. The molecule has 1 heteroatoms. The molecule has 2 N–H and O–H groups in total. The monoisotopic (exact) mass is 173 g/mol. The Morgan fingerprint density at radius 2 is 2.08 bits per heavy atom. The Balaban J connectivity index is 2.13. The molecule has 13 heavy (non-hydrogen) atoms. The lowest BCUT2D eigenvalue weighted by Crippen LogP contribution is -2.23. The molecule has 2 atom stereocenters. The summed E-state index contributed by atoms with van der Waals surface area (Å²) >= 11 is 0. The number of benzene rings is 1. The van der Waals surface area contributed by atoms with Gasteiger partial charge in [0.1, 0.15) is 0 Å². The molecule has 0 heterocycles. The van der Waals surface area contributed by atoms with Gasteiger partial charge in [0.05, 0.1) is 0 Å². The third-order valence-electron chi connectivity index (χ3n) is 3.76. The van der Waals surface area contributed by atoms with Crippen LogP contribution in [0.1, 0.15) is 30.4 Å². The van der Waals surface area contributed by atoms with E-state index in [-0.39, 0.29) is 0 Å². The molecule has 1 nitrogen and oxygen atoms in total. The lowest BCUT2D eigenvalue weighted by atomic mass is 9.80. The molecule has 0 radical (unpaired) electrons. The molecule has 1 aromatic carbocycles. The maximum atomic E-state index is 6.05. The van der Waals surface area contributed by atoms with Crippen molar-refractivity contribution in [1.29, 1.82) is 0 Å². The molecule has 1 aromatic rings. The highest BCUT2D eigenvalue weighted by molar-refractivity contribution is 5.43. The average molecular weight is 173 g/mol. The van der Waals surface area contributed by atoms with Gasteiger partial charge in [-0.2, -0.15) is 0 Å². The molecule has 0 aliphatic heterocycles. The highest BCUT2D eigenvalue weighted by atomic mass is 14.8. The molecule has 1 spiro atoms. The van der Waals surface area contributed by atoms with Crippen molar-refractivity contribution < 1.29 is 0 Å². The Morgan fingerprint density at radius 3 is 2.85 bits per heavy atom. The minimum absolute atomic E-state index is 0.398. The van der Waals surface area contributed by atoms with Crippen LogP contribution in [0.4, 0.5) is 0 Å². The van der Waals surface area contributed by atoms with Crippen LogP contribution in [-0.2, 0) is 11.8 Å². The van der Waals surface area contributed by atoms with E-state index in [1.807, 2.05) is 0 Å². The van der Waals surface area contributed by atoms with Gasteiger partial charge in [-0.25, -0.2) is 0 Å². The van der Waals surface area contributed by atoms with Crippen molar-refractivity contribution in [3.8, 4) is 0 Å². The standard InChI is InChI=1S/C12H15N/c13-11-8-12(11)7-3-5-9-4-1-2-6-10(9)12/h1-2,4,6,11H,3,5,7-8,13H2/t11-,12?/m0/s1. The second-order valence-corrected chi connectivity index (χ2v) is 4.48. The van der Waals surface area contributed by atoms with Gasteiger partial charge in [-0.15, -0.1) is 0 Å². The Bertz CT molecular complexity index is 345. The Morgan fingerprint density at radius 1 is 1.31 bits per heavy atom. The summed E-state index contributed by atoms with van der Waals surface area (Å²) in [6.07, 6.45) is 5.10. The first-order valence-electron chi connectivity index (χ1n) is 5.17. The largest absolute Gasteiger partial charge is 0.327 e. The minimum atomic E-state index is 0.398. The normalized spacial score (nSPS) is 35.9. The number of fused-ring (bicyclic) bond motifs is 2. The molecule has 3 rings (SSSR count). The van der Waals surface area contributed by atoms with Gasteiger partial charge in [-0.1, -0.05) is 24.3 Å². The number of nitrogens with two attached hydrogens (primary N) is 1. The van der Waals surface area contributed by atoms with E-state index in [0.29, 0.717) is 11.5 Å². The molecule has 0 saturated heterocycles. The van der Waals surface area contributed by atoms with Gasteiger partial charge < -0.3 is 5.73 Å². The van der Waals surface area contributed by atoms with Gasteiger partial charge in [0.25, 0.3) is 0 Å². The molecule has 68 valence electrons. The van der Waals surface area contributed by atoms with Crippen molar-refractivity contribution in [3.05, 3.63) is 35.4 Å². The van der Waals surface area contributed by atoms with Gasteiger partial charge in [0.2, 0.25) is 0 Å². The molecule has 1 saturated carbocycles. The zero-order chi connectivity index (χ0) is 8.89. The third-order valence-corrected chi connectivity index (χ3v) is 3.76. The average Bonchev–Trinajstić information content (AvgIpc) is 2.79. The molecule has 2 aliphatic rings. The number of rotatable bonds is 0. The first kappa shape index (κ1) is 7.57.